The van der Waals surface area contributed by atoms with Crippen molar-refractivity contribution >= 4 is 27.5 Å². The van der Waals surface area contributed by atoms with E-state index in [9.17, 15) is 13.2 Å². The lowest BCUT2D eigenvalue weighted by molar-refractivity contribution is 0.0953. The van der Waals surface area contributed by atoms with Crippen LogP contribution < -0.4 is 5.32 Å². The van der Waals surface area contributed by atoms with Gasteiger partial charge in [-0.05, 0) is 36.4 Å². The van der Waals surface area contributed by atoms with Crippen LogP contribution in [0.15, 0.2) is 58.6 Å². The molecule has 0 spiro atoms. The minimum atomic E-state index is -3.30. The van der Waals surface area contributed by atoms with Crippen molar-refractivity contribution in [2.45, 2.75) is 23.3 Å². The van der Waals surface area contributed by atoms with Gasteiger partial charge < -0.3 is 5.32 Å². The number of nitrogens with zero attached hydrogens (tertiary/aromatic N) is 1. The molecule has 1 aromatic carbocycles. The first-order valence-electron chi connectivity index (χ1n) is 7.68. The van der Waals surface area contributed by atoms with Gasteiger partial charge in [0, 0.05) is 12.7 Å². The van der Waals surface area contributed by atoms with Crippen LogP contribution in [0.3, 0.4) is 0 Å². The second kappa shape index (κ2) is 8.84. The third-order valence-corrected chi connectivity index (χ3v) is 5.91. The standard InChI is InChI=1S/C17H20N2O3S2/c1-2-23-16-10-9-14(13-19-16)17(20)18-11-6-12-24(21,22)15-7-4-3-5-8-15/h3-5,7-10,13H,2,6,11-12H2,1H3,(H,18,20). The number of nitrogens with one attached hydrogen (secondary N) is 1. The zero-order chi connectivity index (χ0) is 17.4. The van der Waals surface area contributed by atoms with Gasteiger partial charge in [0.1, 0.15) is 0 Å². The number of benzene rings is 1. The lowest BCUT2D eigenvalue weighted by Gasteiger charge is -2.07. The molecule has 2 aromatic rings. The molecule has 0 bridgehead atoms. The van der Waals surface area contributed by atoms with Gasteiger partial charge in [-0.15, -0.1) is 11.8 Å². The molecule has 0 atom stereocenters. The van der Waals surface area contributed by atoms with Gasteiger partial charge in [0.2, 0.25) is 0 Å². The van der Waals surface area contributed by atoms with Crippen LogP contribution in [-0.2, 0) is 9.84 Å². The molecule has 0 radical (unpaired) electrons. The van der Waals surface area contributed by atoms with Gasteiger partial charge >= 0.3 is 0 Å². The number of carbonyl (C=O) groups excluding carboxylic acids is 1. The predicted octanol–water partition coefficient (Wildman–Crippen LogP) is 2.79. The maximum Gasteiger partial charge on any atom is 0.252 e. The first kappa shape index (κ1) is 18.5. The number of rotatable bonds is 8. The molecular formula is C17H20N2O3S2. The Morgan fingerprint density at radius 1 is 1.17 bits per heavy atom. The monoisotopic (exact) mass is 364 g/mol. The van der Waals surface area contributed by atoms with Gasteiger partial charge in [0.25, 0.3) is 5.91 Å². The molecule has 24 heavy (non-hydrogen) atoms. The summed E-state index contributed by atoms with van der Waals surface area (Å²) in [5, 5.41) is 3.60. The Hall–Kier alpha value is -1.86. The van der Waals surface area contributed by atoms with Gasteiger partial charge in [-0.2, -0.15) is 0 Å². The summed E-state index contributed by atoms with van der Waals surface area (Å²) < 4.78 is 24.2. The smallest absolute Gasteiger partial charge is 0.252 e. The van der Waals surface area contributed by atoms with Crippen LogP contribution in [0.25, 0.3) is 0 Å². The van der Waals surface area contributed by atoms with Crippen LogP contribution in [0.1, 0.15) is 23.7 Å². The summed E-state index contributed by atoms with van der Waals surface area (Å²) in [7, 11) is -3.30. The third kappa shape index (κ3) is 5.35. The summed E-state index contributed by atoms with van der Waals surface area (Å²) in [4.78, 5) is 16.5. The summed E-state index contributed by atoms with van der Waals surface area (Å²) in [5.41, 5.74) is 0.473. The maximum absolute atomic E-state index is 12.1. The summed E-state index contributed by atoms with van der Waals surface area (Å²) >= 11 is 1.61. The molecule has 2 rings (SSSR count). The first-order valence-corrected chi connectivity index (χ1v) is 10.3. The van der Waals surface area contributed by atoms with E-state index in [1.807, 2.05) is 13.0 Å². The number of hydrogen-bond donors (Lipinski definition) is 1. The van der Waals surface area contributed by atoms with Crippen LogP contribution in [0.4, 0.5) is 0 Å². The second-order valence-electron chi connectivity index (χ2n) is 5.06. The van der Waals surface area contributed by atoms with E-state index >= 15 is 0 Å². The molecule has 1 amide bonds. The molecule has 1 heterocycles. The maximum atomic E-state index is 12.1. The van der Waals surface area contributed by atoms with Gasteiger partial charge in [-0.25, -0.2) is 13.4 Å². The lowest BCUT2D eigenvalue weighted by Crippen LogP contribution is -2.26. The Balaban J connectivity index is 1.80. The fraction of sp³-hybridized carbons (Fsp3) is 0.294. The zero-order valence-corrected chi connectivity index (χ0v) is 15.1. The Kier molecular flexibility index (Phi) is 6.81. The highest BCUT2D eigenvalue weighted by atomic mass is 32.2. The number of hydrogen-bond acceptors (Lipinski definition) is 5. The highest BCUT2D eigenvalue weighted by molar-refractivity contribution is 7.99. The third-order valence-electron chi connectivity index (χ3n) is 3.27. The van der Waals surface area contributed by atoms with E-state index in [0.29, 0.717) is 23.4 Å². The van der Waals surface area contributed by atoms with Gasteiger partial charge in [-0.3, -0.25) is 4.79 Å². The van der Waals surface area contributed by atoms with Gasteiger partial charge in [0.05, 0.1) is 21.2 Å². The number of sulfone groups is 1. The SMILES string of the molecule is CCSc1ccc(C(=O)NCCCS(=O)(=O)c2ccccc2)cn1. The van der Waals surface area contributed by atoms with E-state index in [4.69, 9.17) is 0 Å². The van der Waals surface area contributed by atoms with E-state index in [1.54, 1.807) is 48.2 Å². The molecule has 7 heteroatoms. The van der Waals surface area contributed by atoms with E-state index in [2.05, 4.69) is 10.3 Å². The Bertz CT molecular complexity index is 760. The van der Waals surface area contributed by atoms with E-state index < -0.39 is 9.84 Å². The van der Waals surface area contributed by atoms with E-state index in [1.165, 1.54) is 6.20 Å². The molecule has 1 aromatic heterocycles. The summed E-state index contributed by atoms with van der Waals surface area (Å²) in [5.74, 6) is 0.684. The fourth-order valence-corrected chi connectivity index (χ4v) is 3.98. The molecule has 5 nitrogen and oxygen atoms in total. The second-order valence-corrected chi connectivity index (χ2v) is 8.45. The van der Waals surface area contributed by atoms with Crippen LogP contribution in [0.2, 0.25) is 0 Å². The number of amides is 1. The average molecular weight is 364 g/mol. The van der Waals surface area contributed by atoms with Crippen molar-refractivity contribution in [3.8, 4) is 0 Å². The molecule has 1 N–H and O–H groups in total. The Morgan fingerprint density at radius 2 is 1.92 bits per heavy atom. The normalized spacial score (nSPS) is 11.2. The van der Waals surface area contributed by atoms with Crippen molar-refractivity contribution in [1.82, 2.24) is 10.3 Å². The summed E-state index contributed by atoms with van der Waals surface area (Å²) in [6.07, 6.45) is 1.90. The van der Waals surface area contributed by atoms with Crippen LogP contribution in [0, 0.1) is 0 Å². The Labute approximate surface area is 146 Å². The molecular weight excluding hydrogens is 344 g/mol. The van der Waals surface area contributed by atoms with Crippen molar-refractivity contribution < 1.29 is 13.2 Å². The average Bonchev–Trinajstić information content (AvgIpc) is 2.60. The van der Waals surface area contributed by atoms with Crippen LogP contribution in [-0.4, -0.2) is 37.4 Å². The lowest BCUT2D eigenvalue weighted by atomic mass is 10.2. The molecule has 0 fully saturated rings. The molecule has 0 aliphatic carbocycles. The van der Waals surface area contributed by atoms with Crippen molar-refractivity contribution in [1.29, 1.82) is 0 Å². The molecule has 0 saturated carbocycles. The molecule has 0 unspecified atom stereocenters. The first-order chi connectivity index (χ1) is 11.5. The largest absolute Gasteiger partial charge is 0.352 e. The van der Waals surface area contributed by atoms with Crippen molar-refractivity contribution in [2.75, 3.05) is 18.1 Å². The van der Waals surface area contributed by atoms with Crippen molar-refractivity contribution in [2.24, 2.45) is 0 Å². The summed E-state index contributed by atoms with van der Waals surface area (Å²) in [6.45, 7) is 2.34. The molecule has 0 aliphatic rings. The zero-order valence-electron chi connectivity index (χ0n) is 13.4. The van der Waals surface area contributed by atoms with E-state index in [0.717, 1.165) is 10.8 Å². The van der Waals surface area contributed by atoms with Crippen LogP contribution in [0.5, 0.6) is 0 Å². The van der Waals surface area contributed by atoms with Crippen molar-refractivity contribution in [3.05, 3.63) is 54.2 Å². The predicted molar refractivity (Wildman–Crippen MR) is 96.1 cm³/mol. The van der Waals surface area contributed by atoms with E-state index in [-0.39, 0.29) is 11.7 Å². The molecule has 0 saturated heterocycles. The van der Waals surface area contributed by atoms with Gasteiger partial charge in [0.15, 0.2) is 9.84 Å². The van der Waals surface area contributed by atoms with Crippen molar-refractivity contribution in [3.63, 3.8) is 0 Å². The molecule has 0 aliphatic heterocycles. The minimum Gasteiger partial charge on any atom is -0.352 e. The number of pyridine rings is 1. The quantitative estimate of drug-likeness (QED) is 0.576. The van der Waals surface area contributed by atoms with Gasteiger partial charge in [-0.1, -0.05) is 25.1 Å². The number of thioether (sulfide) groups is 1. The Morgan fingerprint density at radius 3 is 2.54 bits per heavy atom. The molecule has 128 valence electrons. The number of carbonyl (C=O) groups is 1. The highest BCUT2D eigenvalue weighted by Gasteiger charge is 2.13. The minimum absolute atomic E-state index is 0.00161. The number of aromatic nitrogens is 1. The highest BCUT2D eigenvalue weighted by Crippen LogP contribution is 2.14. The fourth-order valence-electron chi connectivity index (χ4n) is 2.06. The summed E-state index contributed by atoms with van der Waals surface area (Å²) in [6, 6.07) is 11.9. The topological polar surface area (TPSA) is 76.1 Å². The van der Waals surface area contributed by atoms with Crippen LogP contribution >= 0.6 is 11.8 Å².